The van der Waals surface area contributed by atoms with Crippen molar-refractivity contribution in [3.05, 3.63) is 24.0 Å². The first-order chi connectivity index (χ1) is 7.56. The first kappa shape index (κ1) is 12.8. The Morgan fingerprint density at radius 1 is 1.56 bits per heavy atom. The second kappa shape index (κ2) is 5.70. The van der Waals surface area contributed by atoms with Crippen LogP contribution in [0.2, 0.25) is 0 Å². The Hall–Kier alpha value is -1.29. The summed E-state index contributed by atoms with van der Waals surface area (Å²) in [5.41, 5.74) is 1.23. The van der Waals surface area contributed by atoms with Gasteiger partial charge in [0.05, 0.1) is 13.2 Å². The fourth-order valence-corrected chi connectivity index (χ4v) is 1.54. The van der Waals surface area contributed by atoms with E-state index in [4.69, 9.17) is 4.74 Å². The summed E-state index contributed by atoms with van der Waals surface area (Å²) in [4.78, 5) is 14.2. The van der Waals surface area contributed by atoms with Gasteiger partial charge in [-0.3, -0.25) is 4.79 Å². The van der Waals surface area contributed by atoms with Gasteiger partial charge in [0, 0.05) is 24.4 Å². The van der Waals surface area contributed by atoms with E-state index in [-0.39, 0.29) is 17.9 Å². The zero-order valence-corrected chi connectivity index (χ0v) is 10.2. The Labute approximate surface area is 96.4 Å². The third kappa shape index (κ3) is 3.70. The molecule has 1 heterocycles. The number of carbonyl (C=O) groups excluding carboxylic acids is 1. The Morgan fingerprint density at radius 3 is 2.88 bits per heavy atom. The third-order valence-electron chi connectivity index (χ3n) is 2.52. The molecule has 0 saturated carbocycles. The number of aromatic nitrogens is 1. The second-order valence-corrected chi connectivity index (χ2v) is 4.39. The molecule has 0 aliphatic rings. The predicted molar refractivity (Wildman–Crippen MR) is 63.3 cm³/mol. The minimum Gasteiger partial charge on any atom is -0.465 e. The van der Waals surface area contributed by atoms with E-state index in [2.05, 4.69) is 24.1 Å². The lowest BCUT2D eigenvalue weighted by Crippen LogP contribution is -2.36. The van der Waals surface area contributed by atoms with Crippen molar-refractivity contribution in [1.29, 1.82) is 0 Å². The molecule has 16 heavy (non-hydrogen) atoms. The molecule has 0 saturated heterocycles. The molecule has 0 bridgehead atoms. The molecule has 0 spiro atoms. The van der Waals surface area contributed by atoms with Crippen LogP contribution in [-0.2, 0) is 14.9 Å². The van der Waals surface area contributed by atoms with Crippen LogP contribution in [0.15, 0.2) is 18.5 Å². The number of rotatable bonds is 6. The van der Waals surface area contributed by atoms with Gasteiger partial charge in [-0.15, -0.1) is 0 Å². The lowest BCUT2D eigenvalue weighted by molar-refractivity contribution is -0.142. The molecule has 90 valence electrons. The molecule has 0 aliphatic carbocycles. The van der Waals surface area contributed by atoms with Crippen LogP contribution in [0.3, 0.4) is 0 Å². The monoisotopic (exact) mass is 224 g/mol. The summed E-state index contributed by atoms with van der Waals surface area (Å²) in [6.45, 7) is 7.51. The van der Waals surface area contributed by atoms with Crippen LogP contribution >= 0.6 is 0 Å². The first-order valence-corrected chi connectivity index (χ1v) is 5.56. The largest absolute Gasteiger partial charge is 0.465 e. The molecule has 0 unspecified atom stereocenters. The molecular formula is C12H20N2O2. The number of aromatic amines is 1. The van der Waals surface area contributed by atoms with Crippen LogP contribution in [0.25, 0.3) is 0 Å². The van der Waals surface area contributed by atoms with Crippen LogP contribution in [-0.4, -0.2) is 30.6 Å². The molecule has 0 aliphatic heterocycles. The molecule has 0 amide bonds. The quantitative estimate of drug-likeness (QED) is 0.719. The summed E-state index contributed by atoms with van der Waals surface area (Å²) in [5, 5.41) is 3.11. The van der Waals surface area contributed by atoms with Crippen molar-refractivity contribution in [3.8, 4) is 0 Å². The second-order valence-electron chi connectivity index (χ2n) is 4.39. The average Bonchev–Trinajstić information content (AvgIpc) is 2.71. The SMILES string of the molecule is CCOC(=O)CNCC(C)(C)c1cc[nH]c1. The third-order valence-corrected chi connectivity index (χ3v) is 2.52. The van der Waals surface area contributed by atoms with Crippen LogP contribution in [0.5, 0.6) is 0 Å². The smallest absolute Gasteiger partial charge is 0.319 e. The highest BCUT2D eigenvalue weighted by atomic mass is 16.5. The lowest BCUT2D eigenvalue weighted by Gasteiger charge is -2.23. The maximum absolute atomic E-state index is 11.1. The fourth-order valence-electron chi connectivity index (χ4n) is 1.54. The van der Waals surface area contributed by atoms with E-state index in [1.54, 1.807) is 0 Å². The van der Waals surface area contributed by atoms with Crippen molar-refractivity contribution >= 4 is 5.97 Å². The summed E-state index contributed by atoms with van der Waals surface area (Å²) in [7, 11) is 0. The Kier molecular flexibility index (Phi) is 4.55. The van der Waals surface area contributed by atoms with E-state index in [1.165, 1.54) is 5.56 Å². The van der Waals surface area contributed by atoms with Crippen molar-refractivity contribution in [3.63, 3.8) is 0 Å². The van der Waals surface area contributed by atoms with E-state index in [1.807, 2.05) is 25.4 Å². The number of hydrogen-bond donors (Lipinski definition) is 2. The Balaban J connectivity index is 2.34. The molecule has 0 fully saturated rings. The summed E-state index contributed by atoms with van der Waals surface area (Å²) in [6.07, 6.45) is 3.88. The van der Waals surface area contributed by atoms with Gasteiger partial charge in [0.2, 0.25) is 0 Å². The number of hydrogen-bond acceptors (Lipinski definition) is 3. The van der Waals surface area contributed by atoms with Gasteiger partial charge in [-0.05, 0) is 18.6 Å². The zero-order chi connectivity index (χ0) is 12.0. The maximum Gasteiger partial charge on any atom is 0.319 e. The fraction of sp³-hybridized carbons (Fsp3) is 0.583. The molecule has 1 aromatic rings. The van der Waals surface area contributed by atoms with E-state index in [0.29, 0.717) is 6.61 Å². The summed E-state index contributed by atoms with van der Waals surface area (Å²) in [6, 6.07) is 2.05. The van der Waals surface area contributed by atoms with Gasteiger partial charge in [-0.2, -0.15) is 0 Å². The van der Waals surface area contributed by atoms with Crippen molar-refractivity contribution < 1.29 is 9.53 Å². The molecule has 0 atom stereocenters. The van der Waals surface area contributed by atoms with Crippen LogP contribution in [0.1, 0.15) is 26.3 Å². The van der Waals surface area contributed by atoms with Gasteiger partial charge >= 0.3 is 5.97 Å². The predicted octanol–water partition coefficient (Wildman–Crippen LogP) is 1.44. The topological polar surface area (TPSA) is 54.1 Å². The van der Waals surface area contributed by atoms with Gasteiger partial charge < -0.3 is 15.0 Å². The van der Waals surface area contributed by atoms with Crippen LogP contribution < -0.4 is 5.32 Å². The number of esters is 1. The highest BCUT2D eigenvalue weighted by molar-refractivity contribution is 5.71. The highest BCUT2D eigenvalue weighted by Gasteiger charge is 2.20. The van der Waals surface area contributed by atoms with Gasteiger partial charge in [0.25, 0.3) is 0 Å². The van der Waals surface area contributed by atoms with E-state index >= 15 is 0 Å². The summed E-state index contributed by atoms with van der Waals surface area (Å²) >= 11 is 0. The molecule has 4 heteroatoms. The molecule has 0 aromatic carbocycles. The maximum atomic E-state index is 11.1. The molecule has 1 aromatic heterocycles. The normalized spacial score (nSPS) is 11.4. The zero-order valence-electron chi connectivity index (χ0n) is 10.2. The highest BCUT2D eigenvalue weighted by Crippen LogP contribution is 2.21. The van der Waals surface area contributed by atoms with Crippen molar-refractivity contribution in [2.24, 2.45) is 0 Å². The molecular weight excluding hydrogens is 204 g/mol. The minimum absolute atomic E-state index is 0.00644. The molecule has 2 N–H and O–H groups in total. The van der Waals surface area contributed by atoms with Crippen LogP contribution in [0.4, 0.5) is 0 Å². The van der Waals surface area contributed by atoms with E-state index in [9.17, 15) is 4.79 Å². The molecule has 4 nitrogen and oxygen atoms in total. The van der Waals surface area contributed by atoms with Gasteiger partial charge in [-0.25, -0.2) is 0 Å². The Morgan fingerprint density at radius 2 is 2.31 bits per heavy atom. The molecule has 0 radical (unpaired) electrons. The minimum atomic E-state index is -0.202. The van der Waals surface area contributed by atoms with Crippen molar-refractivity contribution in [2.75, 3.05) is 19.7 Å². The summed E-state index contributed by atoms with van der Waals surface area (Å²) in [5.74, 6) is -0.202. The van der Waals surface area contributed by atoms with Crippen molar-refractivity contribution in [2.45, 2.75) is 26.2 Å². The van der Waals surface area contributed by atoms with Crippen molar-refractivity contribution in [1.82, 2.24) is 10.3 Å². The number of carbonyl (C=O) groups is 1. The molecule has 1 rings (SSSR count). The van der Waals surface area contributed by atoms with Gasteiger partial charge in [0.1, 0.15) is 0 Å². The number of H-pyrrole nitrogens is 1. The standard InChI is InChI=1S/C12H20N2O2/c1-4-16-11(15)8-14-9-12(2,3)10-5-6-13-7-10/h5-7,13-14H,4,8-9H2,1-3H3. The van der Waals surface area contributed by atoms with Gasteiger partial charge in [-0.1, -0.05) is 13.8 Å². The first-order valence-electron chi connectivity index (χ1n) is 5.56. The number of ether oxygens (including phenoxy) is 1. The Bertz CT molecular complexity index is 318. The lowest BCUT2D eigenvalue weighted by atomic mass is 9.86. The van der Waals surface area contributed by atoms with Crippen LogP contribution in [0, 0.1) is 0 Å². The van der Waals surface area contributed by atoms with E-state index in [0.717, 1.165) is 6.54 Å². The van der Waals surface area contributed by atoms with Gasteiger partial charge in [0.15, 0.2) is 0 Å². The number of nitrogens with one attached hydrogen (secondary N) is 2. The van der Waals surface area contributed by atoms with E-state index < -0.39 is 0 Å². The summed E-state index contributed by atoms with van der Waals surface area (Å²) < 4.78 is 4.84. The average molecular weight is 224 g/mol.